The number of hydrogen-bond acceptors (Lipinski definition) is 0. The van der Waals surface area contributed by atoms with Gasteiger partial charge in [0.05, 0.1) is 0 Å². The van der Waals surface area contributed by atoms with Gasteiger partial charge in [0.15, 0.2) is 0 Å². The first-order valence-electron chi connectivity index (χ1n) is 10.9. The van der Waals surface area contributed by atoms with Gasteiger partial charge in [-0.2, -0.15) is 0 Å². The zero-order valence-corrected chi connectivity index (χ0v) is 18.0. The molecular formula is C22H46Si. The SMILES string of the molecule is C=C[SiH2]CCCCCCCCCCCCCCCCCC(C)C. The third kappa shape index (κ3) is 22.0. The Balaban J connectivity index is 2.96. The van der Waals surface area contributed by atoms with Crippen molar-refractivity contribution in [3.05, 3.63) is 12.3 Å². The molecular weight excluding hydrogens is 292 g/mol. The Morgan fingerprint density at radius 3 is 1.30 bits per heavy atom. The largest absolute Gasteiger partial charge is 0.109 e. The summed E-state index contributed by atoms with van der Waals surface area (Å²) in [5.41, 5.74) is 2.19. The lowest BCUT2D eigenvalue weighted by molar-refractivity contribution is 0.502. The first-order valence-corrected chi connectivity index (χ1v) is 12.7. The molecule has 0 heterocycles. The van der Waals surface area contributed by atoms with E-state index < -0.39 is 0 Å². The maximum absolute atomic E-state index is 3.84. The summed E-state index contributed by atoms with van der Waals surface area (Å²) in [7, 11) is 0.118. The molecule has 0 amide bonds. The molecule has 0 aromatic carbocycles. The third-order valence-corrected chi connectivity index (χ3v) is 6.26. The van der Waals surface area contributed by atoms with E-state index in [4.69, 9.17) is 0 Å². The summed E-state index contributed by atoms with van der Waals surface area (Å²) < 4.78 is 0. The summed E-state index contributed by atoms with van der Waals surface area (Å²) in [5, 5.41) is 0. The second kappa shape index (κ2) is 20.0. The predicted molar refractivity (Wildman–Crippen MR) is 112 cm³/mol. The second-order valence-electron chi connectivity index (χ2n) is 7.92. The van der Waals surface area contributed by atoms with E-state index in [0.717, 1.165) is 5.92 Å². The van der Waals surface area contributed by atoms with Crippen molar-refractivity contribution in [1.29, 1.82) is 0 Å². The molecule has 0 atom stereocenters. The van der Waals surface area contributed by atoms with Gasteiger partial charge in [-0.25, -0.2) is 0 Å². The van der Waals surface area contributed by atoms with Crippen LogP contribution in [0.25, 0.3) is 0 Å². The maximum Gasteiger partial charge on any atom is 0.0446 e. The monoisotopic (exact) mass is 338 g/mol. The zero-order chi connectivity index (χ0) is 17.0. The van der Waals surface area contributed by atoms with E-state index in [-0.39, 0.29) is 9.52 Å². The van der Waals surface area contributed by atoms with Gasteiger partial charge in [0, 0.05) is 9.52 Å². The smallest absolute Gasteiger partial charge is 0.0446 e. The standard InChI is InChI=1S/C22H46Si/c1-4-23-21-19-17-15-13-11-9-7-5-6-8-10-12-14-16-18-20-22(2)3/h4,22H,1,5-21,23H2,2-3H3. The van der Waals surface area contributed by atoms with Crippen molar-refractivity contribution in [2.24, 2.45) is 5.92 Å². The van der Waals surface area contributed by atoms with E-state index in [9.17, 15) is 0 Å². The Bertz CT molecular complexity index is 222. The van der Waals surface area contributed by atoms with Crippen LogP contribution >= 0.6 is 0 Å². The van der Waals surface area contributed by atoms with Crippen LogP contribution in [-0.2, 0) is 0 Å². The van der Waals surface area contributed by atoms with E-state index >= 15 is 0 Å². The molecule has 0 aromatic rings. The van der Waals surface area contributed by atoms with Crippen LogP contribution in [0.4, 0.5) is 0 Å². The molecule has 0 unspecified atom stereocenters. The molecule has 0 saturated heterocycles. The number of hydrogen-bond donors (Lipinski definition) is 0. The normalized spacial score (nSPS) is 11.8. The average molecular weight is 339 g/mol. The van der Waals surface area contributed by atoms with Crippen LogP contribution in [0.5, 0.6) is 0 Å². The van der Waals surface area contributed by atoms with E-state index in [2.05, 4.69) is 26.1 Å². The Morgan fingerprint density at radius 2 is 0.957 bits per heavy atom. The fourth-order valence-corrected chi connectivity index (χ4v) is 4.25. The number of unbranched alkanes of at least 4 members (excludes halogenated alkanes) is 14. The lowest BCUT2D eigenvalue weighted by atomic mass is 10.0. The van der Waals surface area contributed by atoms with Crippen molar-refractivity contribution in [3.8, 4) is 0 Å². The van der Waals surface area contributed by atoms with Crippen LogP contribution in [0.3, 0.4) is 0 Å². The van der Waals surface area contributed by atoms with Crippen molar-refractivity contribution in [1.82, 2.24) is 0 Å². The Labute approximate surface area is 150 Å². The van der Waals surface area contributed by atoms with Gasteiger partial charge in [0.1, 0.15) is 0 Å². The van der Waals surface area contributed by atoms with E-state index in [1.54, 1.807) is 0 Å². The van der Waals surface area contributed by atoms with Gasteiger partial charge in [0.25, 0.3) is 0 Å². The molecule has 0 nitrogen and oxygen atoms in total. The molecule has 138 valence electrons. The van der Waals surface area contributed by atoms with Gasteiger partial charge in [-0.15, -0.1) is 12.3 Å². The van der Waals surface area contributed by atoms with Gasteiger partial charge in [-0.1, -0.05) is 123 Å². The minimum atomic E-state index is 0.118. The summed E-state index contributed by atoms with van der Waals surface area (Å²) >= 11 is 0. The van der Waals surface area contributed by atoms with Crippen molar-refractivity contribution in [3.63, 3.8) is 0 Å². The van der Waals surface area contributed by atoms with Gasteiger partial charge in [0.2, 0.25) is 0 Å². The fourth-order valence-electron chi connectivity index (χ4n) is 3.32. The average Bonchev–Trinajstić information content (AvgIpc) is 2.53. The van der Waals surface area contributed by atoms with Gasteiger partial charge in [-0.3, -0.25) is 0 Å². The molecule has 0 aromatic heterocycles. The highest BCUT2D eigenvalue weighted by Gasteiger charge is 1.96. The molecule has 0 fully saturated rings. The zero-order valence-electron chi connectivity index (χ0n) is 16.6. The van der Waals surface area contributed by atoms with E-state index in [0.29, 0.717) is 0 Å². The van der Waals surface area contributed by atoms with Gasteiger partial charge >= 0.3 is 0 Å². The Kier molecular flexibility index (Phi) is 20.0. The topological polar surface area (TPSA) is 0 Å². The third-order valence-electron chi connectivity index (χ3n) is 4.94. The van der Waals surface area contributed by atoms with E-state index in [1.807, 2.05) is 0 Å². The van der Waals surface area contributed by atoms with Crippen LogP contribution < -0.4 is 0 Å². The van der Waals surface area contributed by atoms with Crippen molar-refractivity contribution < 1.29 is 0 Å². The summed E-state index contributed by atoms with van der Waals surface area (Å²) in [4.78, 5) is 0. The number of rotatable bonds is 19. The molecule has 0 aliphatic heterocycles. The molecule has 23 heavy (non-hydrogen) atoms. The van der Waals surface area contributed by atoms with Crippen molar-refractivity contribution in [2.45, 2.75) is 123 Å². The van der Waals surface area contributed by atoms with Crippen molar-refractivity contribution >= 4 is 9.52 Å². The van der Waals surface area contributed by atoms with Crippen LogP contribution in [0.15, 0.2) is 12.3 Å². The molecule has 0 rings (SSSR count). The molecule has 0 spiro atoms. The highest BCUT2D eigenvalue weighted by atomic mass is 28.2. The maximum atomic E-state index is 3.84. The van der Waals surface area contributed by atoms with Crippen LogP contribution in [0, 0.1) is 5.92 Å². The first-order chi connectivity index (χ1) is 11.3. The predicted octanol–water partition coefficient (Wildman–Crippen LogP) is 7.61. The van der Waals surface area contributed by atoms with Crippen LogP contribution in [0.1, 0.15) is 117 Å². The summed E-state index contributed by atoms with van der Waals surface area (Å²) in [5.74, 6) is 0.897. The molecule has 0 bridgehead atoms. The molecule has 1 heteroatoms. The molecule has 0 N–H and O–H groups in total. The lowest BCUT2D eigenvalue weighted by Gasteiger charge is -2.05. The van der Waals surface area contributed by atoms with Crippen molar-refractivity contribution in [2.75, 3.05) is 0 Å². The van der Waals surface area contributed by atoms with E-state index in [1.165, 1.54) is 109 Å². The second-order valence-corrected chi connectivity index (χ2v) is 9.78. The molecule has 0 radical (unpaired) electrons. The molecule has 0 aliphatic carbocycles. The van der Waals surface area contributed by atoms with Gasteiger partial charge < -0.3 is 0 Å². The first kappa shape index (κ1) is 23.0. The Hall–Kier alpha value is -0.0431. The minimum Gasteiger partial charge on any atom is -0.109 e. The quantitative estimate of drug-likeness (QED) is 0.168. The molecule has 0 aliphatic rings. The minimum absolute atomic E-state index is 0.118. The summed E-state index contributed by atoms with van der Waals surface area (Å²) in [6.45, 7) is 8.52. The van der Waals surface area contributed by atoms with Crippen LogP contribution in [-0.4, -0.2) is 9.52 Å². The molecule has 0 saturated carbocycles. The fraction of sp³-hybridized carbons (Fsp3) is 0.909. The Morgan fingerprint density at radius 1 is 0.609 bits per heavy atom. The highest BCUT2D eigenvalue weighted by Crippen LogP contribution is 2.15. The lowest BCUT2D eigenvalue weighted by Crippen LogP contribution is -1.87. The summed E-state index contributed by atoms with van der Waals surface area (Å²) in [6.07, 6.45) is 23.6. The summed E-state index contributed by atoms with van der Waals surface area (Å²) in [6, 6.07) is 1.49. The van der Waals surface area contributed by atoms with Gasteiger partial charge in [-0.05, 0) is 5.92 Å². The van der Waals surface area contributed by atoms with Crippen LogP contribution in [0.2, 0.25) is 6.04 Å². The highest BCUT2D eigenvalue weighted by molar-refractivity contribution is 6.41.